The third kappa shape index (κ3) is 5.89. The van der Waals surface area contributed by atoms with Gasteiger partial charge in [0, 0.05) is 43.5 Å². The SMILES string of the molecule is CCOCCNC(=O)c1cc2c(Oc3ccc(NC(=O)NC)c(C)c3)ccnc2cc1OC. The van der Waals surface area contributed by atoms with Crippen molar-refractivity contribution in [3.63, 3.8) is 0 Å². The fourth-order valence-corrected chi connectivity index (χ4v) is 3.21. The van der Waals surface area contributed by atoms with Crippen LogP contribution < -0.4 is 25.4 Å². The highest BCUT2D eigenvalue weighted by atomic mass is 16.5. The van der Waals surface area contributed by atoms with Crippen molar-refractivity contribution in [2.45, 2.75) is 13.8 Å². The molecule has 0 atom stereocenters. The molecule has 174 valence electrons. The Bertz CT molecular complexity index is 1150. The number of amides is 3. The van der Waals surface area contributed by atoms with E-state index in [9.17, 15) is 9.59 Å². The largest absolute Gasteiger partial charge is 0.496 e. The van der Waals surface area contributed by atoms with E-state index in [0.717, 1.165) is 5.56 Å². The highest BCUT2D eigenvalue weighted by Gasteiger charge is 2.16. The maximum absolute atomic E-state index is 12.7. The molecule has 9 heteroatoms. The second kappa shape index (κ2) is 11.1. The van der Waals surface area contributed by atoms with Gasteiger partial charge in [0.25, 0.3) is 5.91 Å². The maximum atomic E-state index is 12.7. The van der Waals surface area contributed by atoms with Crippen LogP contribution in [0.2, 0.25) is 0 Å². The second-order valence-corrected chi connectivity index (χ2v) is 7.11. The van der Waals surface area contributed by atoms with E-state index in [1.54, 1.807) is 43.6 Å². The first kappa shape index (κ1) is 23.8. The Balaban J connectivity index is 1.90. The van der Waals surface area contributed by atoms with Gasteiger partial charge in [-0.1, -0.05) is 0 Å². The molecule has 3 N–H and O–H groups in total. The zero-order chi connectivity index (χ0) is 23.8. The van der Waals surface area contributed by atoms with Crippen molar-refractivity contribution >= 4 is 28.5 Å². The van der Waals surface area contributed by atoms with Crippen LogP contribution in [-0.2, 0) is 4.74 Å². The molecular weight excluding hydrogens is 424 g/mol. The average Bonchev–Trinajstić information content (AvgIpc) is 2.82. The Morgan fingerprint density at radius 3 is 2.61 bits per heavy atom. The molecule has 3 aromatic rings. The number of anilines is 1. The zero-order valence-corrected chi connectivity index (χ0v) is 19.2. The van der Waals surface area contributed by atoms with E-state index in [1.807, 2.05) is 19.9 Å². The molecule has 0 spiro atoms. The molecule has 1 heterocycles. The number of pyridine rings is 1. The van der Waals surface area contributed by atoms with Crippen LogP contribution in [0.25, 0.3) is 10.9 Å². The van der Waals surface area contributed by atoms with Crippen molar-refractivity contribution in [1.82, 2.24) is 15.6 Å². The van der Waals surface area contributed by atoms with E-state index in [2.05, 4.69) is 20.9 Å². The second-order valence-electron chi connectivity index (χ2n) is 7.11. The standard InChI is InChI=1S/C24H28N4O5/c1-5-32-11-10-27-23(29)18-13-17-20(14-22(18)31-4)26-9-8-21(17)33-16-6-7-19(15(2)12-16)28-24(30)25-3/h6-9,12-14H,5,10-11H2,1-4H3,(H,27,29)(H2,25,28,30). The summed E-state index contributed by atoms with van der Waals surface area (Å²) in [7, 11) is 3.06. The minimum absolute atomic E-state index is 0.274. The molecule has 1 aromatic heterocycles. The Labute approximate surface area is 192 Å². The lowest BCUT2D eigenvalue weighted by Crippen LogP contribution is -2.27. The molecule has 0 aliphatic rings. The van der Waals surface area contributed by atoms with Crippen LogP contribution in [0.1, 0.15) is 22.8 Å². The first-order chi connectivity index (χ1) is 16.0. The molecule has 0 fully saturated rings. The highest BCUT2D eigenvalue weighted by Crippen LogP contribution is 2.34. The highest BCUT2D eigenvalue weighted by molar-refractivity contribution is 6.02. The molecule has 0 bridgehead atoms. The minimum atomic E-state index is -0.298. The number of aromatic nitrogens is 1. The number of benzene rings is 2. The van der Waals surface area contributed by atoms with E-state index in [4.69, 9.17) is 14.2 Å². The molecule has 9 nitrogen and oxygen atoms in total. The van der Waals surface area contributed by atoms with Gasteiger partial charge < -0.3 is 30.2 Å². The lowest BCUT2D eigenvalue weighted by Gasteiger charge is -2.14. The van der Waals surface area contributed by atoms with Gasteiger partial charge in [0.2, 0.25) is 0 Å². The number of rotatable bonds is 9. The Kier molecular flexibility index (Phi) is 8.04. The van der Waals surface area contributed by atoms with Gasteiger partial charge in [-0.05, 0) is 49.7 Å². The molecule has 0 aliphatic heterocycles. The number of ether oxygens (including phenoxy) is 3. The number of nitrogens with zero attached hydrogens (tertiary/aromatic N) is 1. The summed E-state index contributed by atoms with van der Waals surface area (Å²) in [6, 6.07) is 10.2. The quantitative estimate of drug-likeness (QED) is 0.425. The zero-order valence-electron chi connectivity index (χ0n) is 19.2. The fraction of sp³-hybridized carbons (Fsp3) is 0.292. The Morgan fingerprint density at radius 1 is 1.09 bits per heavy atom. The predicted molar refractivity (Wildman–Crippen MR) is 126 cm³/mol. The summed E-state index contributed by atoms with van der Waals surface area (Å²) in [5.74, 6) is 1.27. The summed E-state index contributed by atoms with van der Waals surface area (Å²) in [5.41, 5.74) is 2.52. The van der Waals surface area contributed by atoms with Crippen molar-refractivity contribution in [1.29, 1.82) is 0 Å². The summed E-state index contributed by atoms with van der Waals surface area (Å²) in [6.07, 6.45) is 1.63. The lowest BCUT2D eigenvalue weighted by molar-refractivity contribution is 0.0920. The van der Waals surface area contributed by atoms with Crippen molar-refractivity contribution in [3.8, 4) is 17.2 Å². The van der Waals surface area contributed by atoms with Gasteiger partial charge in [-0.2, -0.15) is 0 Å². The molecule has 0 unspecified atom stereocenters. The summed E-state index contributed by atoms with van der Waals surface area (Å²) in [5, 5.41) is 8.77. The summed E-state index contributed by atoms with van der Waals surface area (Å²) < 4.78 is 16.8. The van der Waals surface area contributed by atoms with Crippen LogP contribution in [0.4, 0.5) is 10.5 Å². The molecule has 0 aliphatic carbocycles. The van der Waals surface area contributed by atoms with Crippen molar-refractivity contribution in [2.75, 3.05) is 39.2 Å². The Morgan fingerprint density at radius 2 is 1.91 bits per heavy atom. The van der Waals surface area contributed by atoms with Crippen LogP contribution in [0.3, 0.4) is 0 Å². The average molecular weight is 453 g/mol. The van der Waals surface area contributed by atoms with E-state index in [-0.39, 0.29) is 11.9 Å². The number of hydrogen-bond donors (Lipinski definition) is 3. The van der Waals surface area contributed by atoms with Crippen LogP contribution in [0.5, 0.6) is 17.2 Å². The van der Waals surface area contributed by atoms with E-state index in [1.165, 1.54) is 7.11 Å². The number of carbonyl (C=O) groups excluding carboxylic acids is 2. The van der Waals surface area contributed by atoms with Crippen LogP contribution in [0.15, 0.2) is 42.6 Å². The number of methoxy groups -OCH3 is 1. The summed E-state index contributed by atoms with van der Waals surface area (Å²) >= 11 is 0. The molecule has 0 radical (unpaired) electrons. The van der Waals surface area contributed by atoms with Gasteiger partial charge in [0.05, 0.1) is 24.8 Å². The smallest absolute Gasteiger partial charge is 0.318 e. The third-order valence-corrected chi connectivity index (χ3v) is 4.90. The van der Waals surface area contributed by atoms with Gasteiger partial charge >= 0.3 is 6.03 Å². The monoisotopic (exact) mass is 452 g/mol. The first-order valence-corrected chi connectivity index (χ1v) is 10.6. The molecule has 0 saturated heterocycles. The summed E-state index contributed by atoms with van der Waals surface area (Å²) in [6.45, 7) is 5.18. The van der Waals surface area contributed by atoms with Crippen molar-refractivity contribution in [2.24, 2.45) is 0 Å². The molecule has 3 rings (SSSR count). The number of carbonyl (C=O) groups is 2. The number of aryl methyl sites for hydroxylation is 1. The van der Waals surface area contributed by atoms with Gasteiger partial charge in [-0.15, -0.1) is 0 Å². The third-order valence-electron chi connectivity index (χ3n) is 4.90. The normalized spacial score (nSPS) is 10.5. The fourth-order valence-electron chi connectivity index (χ4n) is 3.21. The number of fused-ring (bicyclic) bond motifs is 1. The topological polar surface area (TPSA) is 111 Å². The van der Waals surface area contributed by atoms with Gasteiger partial charge in [-0.25, -0.2) is 4.79 Å². The Hall–Kier alpha value is -3.85. The van der Waals surface area contributed by atoms with Crippen LogP contribution in [-0.4, -0.2) is 50.8 Å². The van der Waals surface area contributed by atoms with E-state index < -0.39 is 0 Å². The molecule has 33 heavy (non-hydrogen) atoms. The number of hydrogen-bond acceptors (Lipinski definition) is 6. The van der Waals surface area contributed by atoms with Gasteiger partial charge in [0.1, 0.15) is 17.2 Å². The van der Waals surface area contributed by atoms with E-state index >= 15 is 0 Å². The predicted octanol–water partition coefficient (Wildman–Crippen LogP) is 3.86. The minimum Gasteiger partial charge on any atom is -0.496 e. The molecule has 2 aromatic carbocycles. The van der Waals surface area contributed by atoms with Gasteiger partial charge in [-0.3, -0.25) is 9.78 Å². The molecule has 0 saturated carbocycles. The number of nitrogens with one attached hydrogen (secondary N) is 3. The van der Waals surface area contributed by atoms with Crippen molar-refractivity contribution < 1.29 is 23.8 Å². The lowest BCUT2D eigenvalue weighted by atomic mass is 10.1. The molecule has 3 amide bonds. The van der Waals surface area contributed by atoms with Crippen LogP contribution in [0, 0.1) is 6.92 Å². The number of urea groups is 1. The van der Waals surface area contributed by atoms with E-state index in [0.29, 0.717) is 59.2 Å². The van der Waals surface area contributed by atoms with Gasteiger partial charge in [0.15, 0.2) is 0 Å². The summed E-state index contributed by atoms with van der Waals surface area (Å²) in [4.78, 5) is 28.7. The van der Waals surface area contributed by atoms with Crippen molar-refractivity contribution in [3.05, 3.63) is 53.7 Å². The maximum Gasteiger partial charge on any atom is 0.318 e. The van der Waals surface area contributed by atoms with Crippen LogP contribution >= 0.6 is 0 Å². The first-order valence-electron chi connectivity index (χ1n) is 10.6. The molecular formula is C24H28N4O5.